The molecule has 1 aromatic heterocycles. The number of hydrogen-bond acceptors (Lipinski definition) is 6. The third-order valence-electron chi connectivity index (χ3n) is 5.59. The Kier molecular flexibility index (Phi) is 4.93. The predicted octanol–water partition coefficient (Wildman–Crippen LogP) is 2.04. The fourth-order valence-corrected chi connectivity index (χ4v) is 4.24. The quantitative estimate of drug-likeness (QED) is 0.873. The Balaban J connectivity index is 1.91. The molecule has 0 radical (unpaired) electrons. The fraction of sp³-hybridized carbons (Fsp3) is 0.476. The molecule has 1 saturated carbocycles. The number of ether oxygens (including phenoxy) is 2. The van der Waals surface area contributed by atoms with Crippen molar-refractivity contribution in [1.29, 1.82) is 0 Å². The number of fused-ring (bicyclic) bond motifs is 3. The molecule has 7 heteroatoms. The summed E-state index contributed by atoms with van der Waals surface area (Å²) in [5.41, 5.74) is 3.34. The lowest BCUT2D eigenvalue weighted by atomic mass is 9.74. The molecule has 0 saturated heterocycles. The van der Waals surface area contributed by atoms with E-state index in [9.17, 15) is 9.90 Å². The van der Waals surface area contributed by atoms with Crippen LogP contribution in [0.5, 0.6) is 11.5 Å². The molecule has 1 aliphatic heterocycles. The molecule has 148 valence electrons. The standard InChI is InChI=1S/C21H25N3O4/c1-4-28-19-8-14-15-7-13(25)5-6-17(15)23-20(16(14)9-18(19)27-3)12-10-22-21(26)24(2)11-12/h8-11,13,15,17,25H,4-7H2,1-3H3. The average molecular weight is 383 g/mol. The van der Waals surface area contributed by atoms with Crippen LogP contribution in [0.2, 0.25) is 0 Å². The molecule has 2 heterocycles. The van der Waals surface area contributed by atoms with Crippen molar-refractivity contribution in [1.82, 2.24) is 9.55 Å². The van der Waals surface area contributed by atoms with Gasteiger partial charge < -0.3 is 19.1 Å². The third-order valence-corrected chi connectivity index (χ3v) is 5.59. The summed E-state index contributed by atoms with van der Waals surface area (Å²) in [6, 6.07) is 4.06. The third kappa shape index (κ3) is 3.20. The number of benzene rings is 1. The first-order valence-corrected chi connectivity index (χ1v) is 9.65. The molecule has 1 aromatic carbocycles. The highest BCUT2D eigenvalue weighted by Gasteiger charge is 2.37. The second kappa shape index (κ2) is 7.39. The van der Waals surface area contributed by atoms with Gasteiger partial charge in [-0.25, -0.2) is 9.78 Å². The smallest absolute Gasteiger partial charge is 0.347 e. The van der Waals surface area contributed by atoms with E-state index in [2.05, 4.69) is 4.98 Å². The van der Waals surface area contributed by atoms with Gasteiger partial charge in [0.05, 0.1) is 31.6 Å². The van der Waals surface area contributed by atoms with Gasteiger partial charge in [-0.3, -0.25) is 4.99 Å². The highest BCUT2D eigenvalue weighted by molar-refractivity contribution is 6.14. The number of rotatable bonds is 4. The average Bonchev–Trinajstić information content (AvgIpc) is 2.69. The van der Waals surface area contributed by atoms with Crippen LogP contribution in [-0.4, -0.2) is 46.2 Å². The van der Waals surface area contributed by atoms with E-state index in [0.717, 1.165) is 35.2 Å². The molecule has 28 heavy (non-hydrogen) atoms. The van der Waals surface area contributed by atoms with Gasteiger partial charge in [-0.2, -0.15) is 0 Å². The Hall–Kier alpha value is -2.67. The summed E-state index contributed by atoms with van der Waals surface area (Å²) in [5, 5.41) is 10.2. The maximum Gasteiger partial charge on any atom is 0.347 e. The van der Waals surface area contributed by atoms with Gasteiger partial charge in [-0.1, -0.05) is 0 Å². The maximum absolute atomic E-state index is 11.7. The van der Waals surface area contributed by atoms with Gasteiger partial charge in [0, 0.05) is 36.5 Å². The zero-order valence-corrected chi connectivity index (χ0v) is 16.4. The van der Waals surface area contributed by atoms with E-state index in [1.165, 1.54) is 4.57 Å². The summed E-state index contributed by atoms with van der Waals surface area (Å²) in [5.74, 6) is 1.47. The van der Waals surface area contributed by atoms with Crippen LogP contribution in [0, 0.1) is 0 Å². The molecule has 1 fully saturated rings. The van der Waals surface area contributed by atoms with Crippen molar-refractivity contribution in [3.8, 4) is 11.5 Å². The van der Waals surface area contributed by atoms with Crippen molar-refractivity contribution < 1.29 is 14.6 Å². The number of hydrogen-bond donors (Lipinski definition) is 1. The minimum atomic E-state index is -0.317. The molecular formula is C21H25N3O4. The molecule has 0 spiro atoms. The van der Waals surface area contributed by atoms with Gasteiger partial charge in [0.15, 0.2) is 11.5 Å². The van der Waals surface area contributed by atoms with Crippen molar-refractivity contribution >= 4 is 5.71 Å². The van der Waals surface area contributed by atoms with Gasteiger partial charge in [0.2, 0.25) is 0 Å². The van der Waals surface area contributed by atoms with Crippen LogP contribution in [0.25, 0.3) is 0 Å². The van der Waals surface area contributed by atoms with E-state index in [1.54, 1.807) is 26.6 Å². The van der Waals surface area contributed by atoms with Crippen LogP contribution in [0.15, 0.2) is 34.3 Å². The lowest BCUT2D eigenvalue weighted by Crippen LogP contribution is -2.34. The van der Waals surface area contributed by atoms with Crippen LogP contribution in [-0.2, 0) is 7.05 Å². The van der Waals surface area contributed by atoms with E-state index in [-0.39, 0.29) is 23.8 Å². The first-order chi connectivity index (χ1) is 13.5. The van der Waals surface area contributed by atoms with Crippen molar-refractivity contribution in [2.24, 2.45) is 12.0 Å². The number of aryl methyl sites for hydroxylation is 1. The van der Waals surface area contributed by atoms with Crippen molar-refractivity contribution in [3.05, 3.63) is 51.7 Å². The van der Waals surface area contributed by atoms with E-state index in [0.29, 0.717) is 24.5 Å². The molecule has 2 aliphatic rings. The highest BCUT2D eigenvalue weighted by atomic mass is 16.5. The van der Waals surface area contributed by atoms with Gasteiger partial charge in [-0.15, -0.1) is 0 Å². The summed E-state index contributed by atoms with van der Waals surface area (Å²) < 4.78 is 12.8. The summed E-state index contributed by atoms with van der Waals surface area (Å²) in [6.07, 6.45) is 5.27. The minimum Gasteiger partial charge on any atom is -0.493 e. The number of aliphatic imine (C=N–C) groups is 1. The summed E-state index contributed by atoms with van der Waals surface area (Å²) >= 11 is 0. The van der Waals surface area contributed by atoms with Crippen LogP contribution in [0.4, 0.5) is 0 Å². The Morgan fingerprint density at radius 2 is 2.11 bits per heavy atom. The second-order valence-corrected chi connectivity index (χ2v) is 7.38. The number of aromatic nitrogens is 2. The lowest BCUT2D eigenvalue weighted by molar-refractivity contribution is 0.111. The Morgan fingerprint density at radius 1 is 1.29 bits per heavy atom. The molecule has 0 bridgehead atoms. The van der Waals surface area contributed by atoms with Crippen LogP contribution in [0.1, 0.15) is 48.8 Å². The molecule has 3 unspecified atom stereocenters. The monoisotopic (exact) mass is 383 g/mol. The van der Waals surface area contributed by atoms with E-state index < -0.39 is 0 Å². The summed E-state index contributed by atoms with van der Waals surface area (Å²) in [7, 11) is 3.30. The van der Waals surface area contributed by atoms with Crippen molar-refractivity contribution in [2.75, 3.05) is 13.7 Å². The minimum absolute atomic E-state index is 0.0889. The maximum atomic E-state index is 11.7. The number of aliphatic hydroxyl groups excluding tert-OH is 1. The molecule has 1 aliphatic carbocycles. The predicted molar refractivity (Wildman–Crippen MR) is 106 cm³/mol. The van der Waals surface area contributed by atoms with Gasteiger partial charge in [0.25, 0.3) is 0 Å². The second-order valence-electron chi connectivity index (χ2n) is 7.38. The zero-order valence-electron chi connectivity index (χ0n) is 16.4. The topological polar surface area (TPSA) is 85.9 Å². The summed E-state index contributed by atoms with van der Waals surface area (Å²) in [6.45, 7) is 2.48. The number of aliphatic hydroxyl groups is 1. The first-order valence-electron chi connectivity index (χ1n) is 9.65. The van der Waals surface area contributed by atoms with E-state index in [1.807, 2.05) is 19.1 Å². The largest absolute Gasteiger partial charge is 0.493 e. The molecule has 2 aromatic rings. The van der Waals surface area contributed by atoms with Crippen LogP contribution >= 0.6 is 0 Å². The molecule has 7 nitrogen and oxygen atoms in total. The van der Waals surface area contributed by atoms with E-state index >= 15 is 0 Å². The van der Waals surface area contributed by atoms with Crippen molar-refractivity contribution in [3.63, 3.8) is 0 Å². The zero-order chi connectivity index (χ0) is 19.8. The Morgan fingerprint density at radius 3 is 2.82 bits per heavy atom. The number of methoxy groups -OCH3 is 1. The van der Waals surface area contributed by atoms with E-state index in [4.69, 9.17) is 14.5 Å². The lowest BCUT2D eigenvalue weighted by Gasteiger charge is -2.37. The molecule has 4 rings (SSSR count). The summed E-state index contributed by atoms with van der Waals surface area (Å²) in [4.78, 5) is 20.7. The molecule has 3 atom stereocenters. The Bertz CT molecular complexity index is 982. The molecule has 0 amide bonds. The number of nitrogens with zero attached hydrogens (tertiary/aromatic N) is 3. The van der Waals surface area contributed by atoms with Crippen LogP contribution in [0.3, 0.4) is 0 Å². The first kappa shape index (κ1) is 18.7. The van der Waals surface area contributed by atoms with Crippen molar-refractivity contribution in [2.45, 2.75) is 44.2 Å². The molecular weight excluding hydrogens is 358 g/mol. The highest BCUT2D eigenvalue weighted by Crippen LogP contribution is 2.44. The van der Waals surface area contributed by atoms with Crippen LogP contribution < -0.4 is 15.2 Å². The van der Waals surface area contributed by atoms with Gasteiger partial charge in [0.1, 0.15) is 0 Å². The fourth-order valence-electron chi connectivity index (χ4n) is 4.24. The van der Waals surface area contributed by atoms with Gasteiger partial charge in [-0.05, 0) is 43.9 Å². The molecule has 1 N–H and O–H groups in total. The normalized spacial score (nSPS) is 23.4. The van der Waals surface area contributed by atoms with Gasteiger partial charge >= 0.3 is 5.69 Å². The Labute approximate surface area is 163 Å². The SMILES string of the molecule is CCOc1cc2c(cc1OC)C(c1cnc(=O)n(C)c1)=NC1CCC(O)CC21.